The number of amides is 2. The summed E-state index contributed by atoms with van der Waals surface area (Å²) >= 11 is 1.47. The van der Waals surface area contributed by atoms with Crippen LogP contribution in [0.25, 0.3) is 0 Å². The highest BCUT2D eigenvalue weighted by atomic mass is 32.1. The summed E-state index contributed by atoms with van der Waals surface area (Å²) in [6.07, 6.45) is 4.77. The van der Waals surface area contributed by atoms with Gasteiger partial charge < -0.3 is 10.1 Å². The molecule has 1 atom stereocenters. The zero-order valence-electron chi connectivity index (χ0n) is 15.5. The smallest absolute Gasteiger partial charge is 0.321 e. The number of methoxy groups -OCH3 is 1. The third-order valence-electron chi connectivity index (χ3n) is 5.13. The molecule has 2 aromatic rings. The normalized spacial score (nSPS) is 18.3. The molecule has 1 aliphatic heterocycles. The van der Waals surface area contributed by atoms with Crippen LogP contribution in [0.5, 0.6) is 5.75 Å². The third kappa shape index (κ3) is 4.56. The van der Waals surface area contributed by atoms with Crippen molar-refractivity contribution in [1.29, 1.82) is 0 Å². The van der Waals surface area contributed by atoms with Gasteiger partial charge in [0.2, 0.25) is 5.13 Å². The number of urea groups is 1. The Morgan fingerprint density at radius 3 is 2.67 bits per heavy atom. The van der Waals surface area contributed by atoms with Crippen molar-refractivity contribution in [3.05, 3.63) is 34.8 Å². The summed E-state index contributed by atoms with van der Waals surface area (Å²) in [5.41, 5.74) is 1.19. The average Bonchev–Trinajstić information content (AvgIpc) is 3.19. The predicted molar refractivity (Wildman–Crippen MR) is 105 cm³/mol. The van der Waals surface area contributed by atoms with Gasteiger partial charge in [-0.1, -0.05) is 23.5 Å². The first-order chi connectivity index (χ1) is 13.2. The highest BCUT2D eigenvalue weighted by Gasteiger charge is 2.28. The fraction of sp³-hybridized carbons (Fsp3) is 0.526. The van der Waals surface area contributed by atoms with E-state index in [1.54, 1.807) is 7.11 Å². The Balaban J connectivity index is 1.37. The van der Waals surface area contributed by atoms with E-state index in [1.165, 1.54) is 42.6 Å². The van der Waals surface area contributed by atoms with Gasteiger partial charge in [-0.25, -0.2) is 4.79 Å². The van der Waals surface area contributed by atoms with Crippen molar-refractivity contribution < 1.29 is 9.53 Å². The highest BCUT2D eigenvalue weighted by Crippen LogP contribution is 2.42. The van der Waals surface area contributed by atoms with Gasteiger partial charge in [0.05, 0.1) is 13.2 Å². The molecule has 0 bridgehead atoms. The first kappa shape index (κ1) is 18.2. The Morgan fingerprint density at radius 1 is 1.26 bits per heavy atom. The van der Waals surface area contributed by atoms with Crippen LogP contribution in [-0.4, -0.2) is 47.9 Å². The van der Waals surface area contributed by atoms with E-state index in [9.17, 15) is 4.79 Å². The van der Waals surface area contributed by atoms with E-state index in [-0.39, 0.29) is 12.1 Å². The summed E-state index contributed by atoms with van der Waals surface area (Å²) in [7, 11) is 1.67. The Hall–Kier alpha value is -2.19. The van der Waals surface area contributed by atoms with E-state index < -0.39 is 0 Å². The molecule has 1 saturated carbocycles. The maximum atomic E-state index is 12.3. The summed E-state index contributed by atoms with van der Waals surface area (Å²) in [5.74, 6) is 1.39. The number of hydrogen-bond acceptors (Lipinski definition) is 6. The van der Waals surface area contributed by atoms with Crippen molar-refractivity contribution in [3.63, 3.8) is 0 Å². The average molecular weight is 388 g/mol. The fourth-order valence-electron chi connectivity index (χ4n) is 3.45. The summed E-state index contributed by atoms with van der Waals surface area (Å²) in [6.45, 7) is 2.66. The minimum Gasteiger partial charge on any atom is -0.497 e. The van der Waals surface area contributed by atoms with Gasteiger partial charge in [-0.05, 0) is 56.5 Å². The zero-order valence-corrected chi connectivity index (χ0v) is 16.3. The summed E-state index contributed by atoms with van der Waals surface area (Å²) < 4.78 is 5.26. The molecule has 4 rings (SSSR count). The van der Waals surface area contributed by atoms with Crippen LogP contribution in [0.2, 0.25) is 0 Å². The lowest BCUT2D eigenvalue weighted by atomic mass is 10.1. The van der Waals surface area contributed by atoms with Crippen molar-refractivity contribution in [3.8, 4) is 5.75 Å². The first-order valence-corrected chi connectivity index (χ1v) is 10.3. The van der Waals surface area contributed by atoms with Gasteiger partial charge in [0.25, 0.3) is 0 Å². The molecule has 8 heteroatoms. The van der Waals surface area contributed by atoms with Crippen LogP contribution in [-0.2, 0) is 0 Å². The SMILES string of the molecule is COc1ccc(C(CNC(=O)Nc2nnc(C3CC3)s2)N2CCCC2)cc1. The van der Waals surface area contributed by atoms with E-state index in [0.717, 1.165) is 23.8 Å². The molecule has 1 aromatic carbocycles. The topological polar surface area (TPSA) is 79.4 Å². The second kappa shape index (κ2) is 8.22. The van der Waals surface area contributed by atoms with Gasteiger partial charge in [0.15, 0.2) is 0 Å². The van der Waals surface area contributed by atoms with Crippen molar-refractivity contribution in [2.24, 2.45) is 0 Å². The number of hydrogen-bond donors (Lipinski definition) is 2. The van der Waals surface area contributed by atoms with Crippen molar-refractivity contribution in [1.82, 2.24) is 20.4 Å². The number of nitrogens with one attached hydrogen (secondary N) is 2. The number of aromatic nitrogens is 2. The number of likely N-dealkylation sites (tertiary alicyclic amines) is 1. The Kier molecular flexibility index (Phi) is 5.54. The van der Waals surface area contributed by atoms with Crippen molar-refractivity contribution in [2.75, 3.05) is 32.1 Å². The van der Waals surface area contributed by atoms with Gasteiger partial charge in [-0.2, -0.15) is 0 Å². The van der Waals surface area contributed by atoms with E-state index in [4.69, 9.17) is 4.74 Å². The largest absolute Gasteiger partial charge is 0.497 e. The Morgan fingerprint density at radius 2 is 2.00 bits per heavy atom. The van der Waals surface area contributed by atoms with Gasteiger partial charge in [0, 0.05) is 12.5 Å². The second-order valence-electron chi connectivity index (χ2n) is 7.09. The standard InChI is InChI=1S/C19H25N5O2S/c1-26-15-8-6-13(7-9-15)16(24-10-2-3-11-24)12-20-18(25)21-19-23-22-17(27-19)14-4-5-14/h6-9,14,16H,2-5,10-12H2,1H3,(H2,20,21,23,25). The van der Waals surface area contributed by atoms with E-state index in [2.05, 4.69) is 37.9 Å². The molecular weight excluding hydrogens is 362 g/mol. The molecule has 2 aliphatic rings. The molecule has 1 aliphatic carbocycles. The molecule has 2 fully saturated rings. The summed E-state index contributed by atoms with van der Waals surface area (Å²) in [5, 5.41) is 15.6. The maximum absolute atomic E-state index is 12.3. The molecule has 27 heavy (non-hydrogen) atoms. The Bertz CT molecular complexity index is 769. The van der Waals surface area contributed by atoms with Crippen LogP contribution < -0.4 is 15.4 Å². The Labute approximate surface area is 163 Å². The maximum Gasteiger partial charge on any atom is 0.321 e. The van der Waals surface area contributed by atoms with Crippen molar-refractivity contribution >= 4 is 22.5 Å². The van der Waals surface area contributed by atoms with Gasteiger partial charge >= 0.3 is 6.03 Å². The molecule has 7 nitrogen and oxygen atoms in total. The monoisotopic (exact) mass is 387 g/mol. The van der Waals surface area contributed by atoms with Crippen molar-refractivity contribution in [2.45, 2.75) is 37.6 Å². The quantitative estimate of drug-likeness (QED) is 0.761. The van der Waals surface area contributed by atoms with Gasteiger partial charge in [-0.15, -0.1) is 10.2 Å². The number of ether oxygens (including phenoxy) is 1. The van der Waals surface area contributed by atoms with E-state index in [0.29, 0.717) is 17.6 Å². The first-order valence-electron chi connectivity index (χ1n) is 9.49. The van der Waals surface area contributed by atoms with Crippen LogP contribution >= 0.6 is 11.3 Å². The third-order valence-corrected chi connectivity index (χ3v) is 6.13. The molecule has 2 amide bonds. The van der Waals surface area contributed by atoms with Crippen LogP contribution in [0.1, 0.15) is 48.2 Å². The van der Waals surface area contributed by atoms with E-state index >= 15 is 0 Å². The molecule has 2 heterocycles. The highest BCUT2D eigenvalue weighted by molar-refractivity contribution is 7.15. The molecule has 0 spiro atoms. The molecule has 1 unspecified atom stereocenters. The van der Waals surface area contributed by atoms with Crippen LogP contribution in [0.15, 0.2) is 24.3 Å². The molecule has 0 radical (unpaired) electrons. The van der Waals surface area contributed by atoms with Crippen LogP contribution in [0.4, 0.5) is 9.93 Å². The minimum absolute atomic E-state index is 0.153. The number of carbonyl (C=O) groups excluding carboxylic acids is 1. The number of rotatable bonds is 7. The molecule has 2 N–H and O–H groups in total. The number of anilines is 1. The molecule has 1 aromatic heterocycles. The summed E-state index contributed by atoms with van der Waals surface area (Å²) in [4.78, 5) is 14.8. The second-order valence-corrected chi connectivity index (χ2v) is 8.10. The van der Waals surface area contributed by atoms with Crippen LogP contribution in [0, 0.1) is 0 Å². The minimum atomic E-state index is -0.230. The lowest BCUT2D eigenvalue weighted by Gasteiger charge is -2.28. The number of nitrogens with zero attached hydrogens (tertiary/aromatic N) is 3. The summed E-state index contributed by atoms with van der Waals surface area (Å²) in [6, 6.07) is 8.02. The number of carbonyl (C=O) groups is 1. The van der Waals surface area contributed by atoms with Gasteiger partial charge in [-0.3, -0.25) is 10.2 Å². The molecule has 144 valence electrons. The lowest BCUT2D eigenvalue weighted by molar-refractivity contribution is 0.227. The molecular formula is C19H25N5O2S. The fourth-order valence-corrected chi connectivity index (χ4v) is 4.36. The predicted octanol–water partition coefficient (Wildman–Crippen LogP) is 3.38. The zero-order chi connectivity index (χ0) is 18.6. The van der Waals surface area contributed by atoms with E-state index in [1.807, 2.05) is 12.1 Å². The number of benzene rings is 1. The lowest BCUT2D eigenvalue weighted by Crippen LogP contribution is -2.38. The molecule has 1 saturated heterocycles. The van der Waals surface area contributed by atoms with Crippen LogP contribution in [0.3, 0.4) is 0 Å². The van der Waals surface area contributed by atoms with Gasteiger partial charge in [0.1, 0.15) is 10.8 Å².